The molecule has 3 rings (SSSR count). The number of aliphatic hydroxyl groups excluding tert-OH is 1. The summed E-state index contributed by atoms with van der Waals surface area (Å²) < 4.78 is 2.00. The lowest BCUT2D eigenvalue weighted by molar-refractivity contribution is 0.0313. The van der Waals surface area contributed by atoms with Crippen molar-refractivity contribution in [2.75, 3.05) is 6.54 Å². The van der Waals surface area contributed by atoms with Crippen molar-refractivity contribution in [3.8, 4) is 0 Å². The molecule has 2 aliphatic rings. The van der Waals surface area contributed by atoms with Gasteiger partial charge in [-0.1, -0.05) is 12.8 Å². The Morgan fingerprint density at radius 1 is 1.25 bits per heavy atom. The van der Waals surface area contributed by atoms with E-state index in [0.29, 0.717) is 12.0 Å². The van der Waals surface area contributed by atoms with Gasteiger partial charge in [0.2, 0.25) is 0 Å². The lowest BCUT2D eigenvalue weighted by atomic mass is 9.87. The van der Waals surface area contributed by atoms with Gasteiger partial charge in [0, 0.05) is 36.8 Å². The predicted octanol–water partition coefficient (Wildman–Crippen LogP) is 2.42. The first-order valence-electron chi connectivity index (χ1n) is 8.21. The highest BCUT2D eigenvalue weighted by Crippen LogP contribution is 2.35. The average molecular weight is 277 g/mol. The van der Waals surface area contributed by atoms with E-state index >= 15 is 0 Å². The molecule has 1 N–H and O–H groups in total. The lowest BCUT2D eigenvalue weighted by Crippen LogP contribution is -2.45. The van der Waals surface area contributed by atoms with Crippen LogP contribution in [0.4, 0.5) is 0 Å². The Hall–Kier alpha value is -0.870. The van der Waals surface area contributed by atoms with Gasteiger partial charge in [0.05, 0.1) is 12.3 Å². The molecular formula is C16H27N3O. The number of aryl methyl sites for hydroxylation is 1. The predicted molar refractivity (Wildman–Crippen MR) is 79.3 cm³/mol. The molecule has 0 amide bonds. The first kappa shape index (κ1) is 14.1. The molecule has 4 nitrogen and oxygen atoms in total. The zero-order valence-corrected chi connectivity index (χ0v) is 12.5. The van der Waals surface area contributed by atoms with E-state index in [0.717, 1.165) is 19.5 Å². The molecule has 0 bridgehead atoms. The summed E-state index contributed by atoms with van der Waals surface area (Å²) in [6.45, 7) is 5.22. The maximum Gasteiger partial charge on any atom is 0.0583 e. The van der Waals surface area contributed by atoms with Gasteiger partial charge < -0.3 is 5.11 Å². The fraction of sp³-hybridized carbons (Fsp3) is 0.812. The van der Waals surface area contributed by atoms with Crippen molar-refractivity contribution in [2.45, 2.75) is 70.7 Å². The molecule has 0 aromatic carbocycles. The van der Waals surface area contributed by atoms with Gasteiger partial charge in [-0.2, -0.15) is 5.10 Å². The molecule has 4 heteroatoms. The molecule has 2 heterocycles. The van der Waals surface area contributed by atoms with Gasteiger partial charge in [-0.15, -0.1) is 0 Å². The van der Waals surface area contributed by atoms with Crippen LogP contribution in [-0.2, 0) is 13.1 Å². The molecule has 20 heavy (non-hydrogen) atoms. The van der Waals surface area contributed by atoms with Gasteiger partial charge in [0.15, 0.2) is 0 Å². The van der Waals surface area contributed by atoms with Crippen molar-refractivity contribution in [3.05, 3.63) is 18.0 Å². The molecule has 1 saturated heterocycles. The largest absolute Gasteiger partial charge is 0.393 e. The minimum absolute atomic E-state index is 0.0704. The molecule has 3 atom stereocenters. The quantitative estimate of drug-likeness (QED) is 0.919. The van der Waals surface area contributed by atoms with Crippen LogP contribution >= 0.6 is 0 Å². The second kappa shape index (κ2) is 6.27. The molecule has 1 aliphatic heterocycles. The zero-order chi connectivity index (χ0) is 13.9. The number of nitrogens with zero attached hydrogens (tertiary/aromatic N) is 3. The Balaban J connectivity index is 1.68. The van der Waals surface area contributed by atoms with Crippen LogP contribution < -0.4 is 0 Å². The monoisotopic (exact) mass is 277 g/mol. The molecule has 0 spiro atoms. The maximum absolute atomic E-state index is 10.2. The normalized spacial score (nSPS) is 31.8. The SMILES string of the molecule is CCn1cc(CN2CCCCC2C2CCCC2O)cn1. The van der Waals surface area contributed by atoms with Crippen molar-refractivity contribution in [1.29, 1.82) is 0 Å². The zero-order valence-electron chi connectivity index (χ0n) is 12.5. The third-order valence-corrected chi connectivity index (χ3v) is 5.09. The number of likely N-dealkylation sites (tertiary alicyclic amines) is 1. The minimum Gasteiger partial charge on any atom is -0.393 e. The number of piperidine rings is 1. The van der Waals surface area contributed by atoms with Gasteiger partial charge >= 0.3 is 0 Å². The molecular weight excluding hydrogens is 250 g/mol. The van der Waals surface area contributed by atoms with Crippen molar-refractivity contribution >= 4 is 0 Å². The van der Waals surface area contributed by atoms with E-state index in [9.17, 15) is 5.11 Å². The molecule has 1 aromatic rings. The Kier molecular flexibility index (Phi) is 4.41. The van der Waals surface area contributed by atoms with Crippen LogP contribution in [0.1, 0.15) is 51.0 Å². The third-order valence-electron chi connectivity index (χ3n) is 5.09. The van der Waals surface area contributed by atoms with Crippen LogP contribution in [0.3, 0.4) is 0 Å². The van der Waals surface area contributed by atoms with Crippen molar-refractivity contribution in [2.24, 2.45) is 5.92 Å². The Bertz CT molecular complexity index is 431. The van der Waals surface area contributed by atoms with Crippen molar-refractivity contribution < 1.29 is 5.11 Å². The summed E-state index contributed by atoms with van der Waals surface area (Å²) in [4.78, 5) is 2.60. The van der Waals surface area contributed by atoms with E-state index in [1.165, 1.54) is 44.2 Å². The Labute approximate surface area is 121 Å². The van der Waals surface area contributed by atoms with Crippen molar-refractivity contribution in [3.63, 3.8) is 0 Å². The van der Waals surface area contributed by atoms with Crippen LogP contribution in [0.2, 0.25) is 0 Å². The molecule has 112 valence electrons. The smallest absolute Gasteiger partial charge is 0.0583 e. The number of aliphatic hydroxyl groups is 1. The molecule has 1 aromatic heterocycles. The van der Waals surface area contributed by atoms with Gasteiger partial charge in [0.25, 0.3) is 0 Å². The second-order valence-electron chi connectivity index (χ2n) is 6.40. The average Bonchev–Trinajstić information content (AvgIpc) is 3.08. The van der Waals surface area contributed by atoms with E-state index in [1.54, 1.807) is 0 Å². The third kappa shape index (κ3) is 2.91. The number of rotatable bonds is 4. The number of aromatic nitrogens is 2. The summed E-state index contributed by atoms with van der Waals surface area (Å²) in [7, 11) is 0. The van der Waals surface area contributed by atoms with Crippen LogP contribution in [0.5, 0.6) is 0 Å². The Morgan fingerprint density at radius 2 is 2.15 bits per heavy atom. The summed E-state index contributed by atoms with van der Waals surface area (Å²) in [5.41, 5.74) is 1.31. The standard InChI is InChI=1S/C16H27N3O/c1-2-19-12-13(10-17-19)11-18-9-4-3-7-15(18)14-6-5-8-16(14)20/h10,12,14-16,20H,2-9,11H2,1H3. The molecule has 2 fully saturated rings. The minimum atomic E-state index is -0.0704. The summed E-state index contributed by atoms with van der Waals surface area (Å²) in [5.74, 6) is 0.497. The van der Waals surface area contributed by atoms with E-state index in [2.05, 4.69) is 23.1 Å². The summed E-state index contributed by atoms with van der Waals surface area (Å²) in [5, 5.41) is 14.6. The van der Waals surface area contributed by atoms with E-state index in [1.807, 2.05) is 10.9 Å². The highest BCUT2D eigenvalue weighted by Gasteiger charge is 2.36. The molecule has 1 saturated carbocycles. The van der Waals surface area contributed by atoms with Crippen molar-refractivity contribution in [1.82, 2.24) is 14.7 Å². The van der Waals surface area contributed by atoms with E-state index in [4.69, 9.17) is 0 Å². The summed E-state index contributed by atoms with van der Waals surface area (Å²) >= 11 is 0. The summed E-state index contributed by atoms with van der Waals surface area (Å²) in [6, 6.07) is 0.575. The fourth-order valence-electron chi connectivity index (χ4n) is 4.01. The number of hydrogen-bond donors (Lipinski definition) is 1. The molecule has 0 radical (unpaired) electrons. The fourth-order valence-corrected chi connectivity index (χ4v) is 4.01. The van der Waals surface area contributed by atoms with Gasteiger partial charge in [-0.25, -0.2) is 0 Å². The van der Waals surface area contributed by atoms with Crippen LogP contribution in [-0.4, -0.2) is 38.5 Å². The van der Waals surface area contributed by atoms with E-state index in [-0.39, 0.29) is 6.10 Å². The maximum atomic E-state index is 10.2. The van der Waals surface area contributed by atoms with Crippen LogP contribution in [0.15, 0.2) is 12.4 Å². The van der Waals surface area contributed by atoms with E-state index < -0.39 is 0 Å². The second-order valence-corrected chi connectivity index (χ2v) is 6.40. The van der Waals surface area contributed by atoms with Crippen LogP contribution in [0.25, 0.3) is 0 Å². The van der Waals surface area contributed by atoms with Gasteiger partial charge in [-0.05, 0) is 39.2 Å². The lowest BCUT2D eigenvalue weighted by Gasteiger charge is -2.40. The highest BCUT2D eigenvalue weighted by atomic mass is 16.3. The molecule has 1 aliphatic carbocycles. The summed E-state index contributed by atoms with van der Waals surface area (Å²) in [6.07, 6.45) is 11.4. The topological polar surface area (TPSA) is 41.3 Å². The first-order valence-corrected chi connectivity index (χ1v) is 8.21. The Morgan fingerprint density at radius 3 is 2.85 bits per heavy atom. The van der Waals surface area contributed by atoms with Gasteiger partial charge in [-0.3, -0.25) is 9.58 Å². The first-order chi connectivity index (χ1) is 9.78. The van der Waals surface area contributed by atoms with Crippen LogP contribution in [0, 0.1) is 5.92 Å². The molecule has 3 unspecified atom stereocenters. The van der Waals surface area contributed by atoms with Gasteiger partial charge in [0.1, 0.15) is 0 Å². The number of hydrogen-bond acceptors (Lipinski definition) is 3. The highest BCUT2D eigenvalue weighted by molar-refractivity contribution is 5.05.